The molecule has 0 aromatic carbocycles. The first-order chi connectivity index (χ1) is 11.5. The molecule has 2 fully saturated rings. The van der Waals surface area contributed by atoms with Gasteiger partial charge in [-0.1, -0.05) is 32.8 Å². The highest BCUT2D eigenvalue weighted by Gasteiger charge is 2.62. The van der Waals surface area contributed by atoms with Gasteiger partial charge in [0.25, 0.3) is 0 Å². The lowest BCUT2D eigenvalue weighted by Gasteiger charge is -2.36. The third-order valence-electron chi connectivity index (χ3n) is 4.53. The van der Waals surface area contributed by atoms with Gasteiger partial charge in [0.2, 0.25) is 0 Å². The van der Waals surface area contributed by atoms with Crippen LogP contribution in [0.3, 0.4) is 0 Å². The summed E-state index contributed by atoms with van der Waals surface area (Å²) in [6.07, 6.45) is 5.91. The van der Waals surface area contributed by atoms with Gasteiger partial charge < -0.3 is 23.7 Å². The zero-order valence-electron chi connectivity index (χ0n) is 15.7. The van der Waals surface area contributed by atoms with Crippen LogP contribution < -0.4 is 0 Å². The van der Waals surface area contributed by atoms with E-state index in [1.165, 1.54) is 0 Å². The van der Waals surface area contributed by atoms with Crippen molar-refractivity contribution in [1.82, 2.24) is 0 Å². The van der Waals surface area contributed by atoms with Crippen LogP contribution in [-0.4, -0.2) is 49.7 Å². The first-order valence-electron chi connectivity index (χ1n) is 9.31. The molecule has 0 aromatic heterocycles. The molecule has 0 N–H and O–H groups in total. The van der Waals surface area contributed by atoms with Crippen LogP contribution in [0.25, 0.3) is 0 Å². The van der Waals surface area contributed by atoms with Gasteiger partial charge in [-0.15, -0.1) is 6.58 Å². The quantitative estimate of drug-likeness (QED) is 0.422. The summed E-state index contributed by atoms with van der Waals surface area (Å²) < 4.78 is 30.4. The van der Waals surface area contributed by atoms with Crippen molar-refractivity contribution in [2.24, 2.45) is 0 Å². The summed E-state index contributed by atoms with van der Waals surface area (Å²) in [5.74, 6) is -0.648. The molecule has 0 amide bonds. The van der Waals surface area contributed by atoms with Gasteiger partial charge in [0.05, 0.1) is 6.61 Å². The van der Waals surface area contributed by atoms with E-state index in [4.69, 9.17) is 23.7 Å². The van der Waals surface area contributed by atoms with Crippen molar-refractivity contribution < 1.29 is 23.7 Å². The van der Waals surface area contributed by atoms with E-state index in [2.05, 4.69) is 20.4 Å². The summed E-state index contributed by atoms with van der Waals surface area (Å²) in [7, 11) is 0. The molecule has 2 aliphatic heterocycles. The third-order valence-corrected chi connectivity index (χ3v) is 4.53. The highest BCUT2D eigenvalue weighted by Crippen LogP contribution is 2.45. The van der Waals surface area contributed by atoms with Crippen LogP contribution in [0.15, 0.2) is 12.7 Å². The van der Waals surface area contributed by atoms with Crippen molar-refractivity contribution in [3.63, 3.8) is 0 Å². The van der Waals surface area contributed by atoms with Gasteiger partial charge in [-0.25, -0.2) is 0 Å². The molecular formula is C19H34O5. The first kappa shape index (κ1) is 19.9. The first-order valence-corrected chi connectivity index (χ1v) is 9.31. The Kier molecular flexibility index (Phi) is 7.25. The lowest BCUT2D eigenvalue weighted by Crippen LogP contribution is -2.50. The Labute approximate surface area is 146 Å². The molecule has 0 saturated carbocycles. The standard InChI is InChI=1S/C19H34O5/c1-6-9-12-20-14-19(11-8-3)16(21-13-10-7-2)15-17(24-19)23-18(4,5)22-15/h8,15-17H,3,6-7,9-14H2,1-2,4-5H3/t15-,16?,17-,19+/m0/s1. The third kappa shape index (κ3) is 4.58. The highest BCUT2D eigenvalue weighted by molar-refractivity contribution is 5.07. The average Bonchev–Trinajstić information content (AvgIpc) is 2.95. The molecule has 0 spiro atoms. The van der Waals surface area contributed by atoms with E-state index in [-0.39, 0.29) is 12.2 Å². The lowest BCUT2D eigenvalue weighted by molar-refractivity contribution is -0.252. The van der Waals surface area contributed by atoms with E-state index in [0.717, 1.165) is 32.3 Å². The van der Waals surface area contributed by atoms with Gasteiger partial charge in [0.1, 0.15) is 17.8 Å². The molecule has 5 heteroatoms. The number of hydrogen-bond acceptors (Lipinski definition) is 5. The summed E-state index contributed by atoms with van der Waals surface area (Å²) in [6, 6.07) is 0. The van der Waals surface area contributed by atoms with Gasteiger partial charge in [-0.2, -0.15) is 0 Å². The maximum Gasteiger partial charge on any atom is 0.190 e. The Morgan fingerprint density at radius 2 is 1.75 bits per heavy atom. The Bertz CT molecular complexity index is 397. The molecule has 2 saturated heterocycles. The van der Waals surface area contributed by atoms with Crippen LogP contribution in [0.5, 0.6) is 0 Å². The molecule has 4 atom stereocenters. The topological polar surface area (TPSA) is 46.2 Å². The predicted octanol–water partition coefficient (Wildman–Crippen LogP) is 3.81. The molecule has 140 valence electrons. The largest absolute Gasteiger partial charge is 0.378 e. The molecule has 5 nitrogen and oxygen atoms in total. The van der Waals surface area contributed by atoms with Crippen LogP contribution in [-0.2, 0) is 23.7 Å². The second kappa shape index (κ2) is 8.77. The van der Waals surface area contributed by atoms with E-state index in [1.54, 1.807) is 0 Å². The fraction of sp³-hybridized carbons (Fsp3) is 0.895. The van der Waals surface area contributed by atoms with E-state index in [1.807, 2.05) is 19.9 Å². The van der Waals surface area contributed by atoms with E-state index in [9.17, 15) is 0 Å². The van der Waals surface area contributed by atoms with Gasteiger partial charge in [0, 0.05) is 13.2 Å². The summed E-state index contributed by atoms with van der Waals surface area (Å²) >= 11 is 0. The van der Waals surface area contributed by atoms with Crippen molar-refractivity contribution in [3.8, 4) is 0 Å². The highest BCUT2D eigenvalue weighted by atomic mass is 16.8. The molecule has 1 unspecified atom stereocenters. The molecule has 0 aromatic rings. The van der Waals surface area contributed by atoms with Crippen molar-refractivity contribution in [1.29, 1.82) is 0 Å². The van der Waals surface area contributed by atoms with E-state index < -0.39 is 17.7 Å². The molecule has 24 heavy (non-hydrogen) atoms. The molecule has 0 aliphatic carbocycles. The summed E-state index contributed by atoms with van der Waals surface area (Å²) in [6.45, 7) is 13.9. The Morgan fingerprint density at radius 1 is 1.04 bits per heavy atom. The summed E-state index contributed by atoms with van der Waals surface area (Å²) in [5.41, 5.74) is -0.588. The zero-order chi connectivity index (χ0) is 17.6. The van der Waals surface area contributed by atoms with Gasteiger partial charge in [-0.05, 0) is 33.1 Å². The van der Waals surface area contributed by atoms with Crippen LogP contribution in [0, 0.1) is 0 Å². The summed E-state index contributed by atoms with van der Waals surface area (Å²) in [5, 5.41) is 0. The minimum absolute atomic E-state index is 0.213. The Hall–Kier alpha value is -0.460. The lowest BCUT2D eigenvalue weighted by atomic mass is 9.92. The second-order valence-electron chi connectivity index (χ2n) is 7.20. The number of unbranched alkanes of at least 4 members (excludes halogenated alkanes) is 2. The van der Waals surface area contributed by atoms with Crippen LogP contribution >= 0.6 is 0 Å². The molecule has 0 radical (unpaired) electrons. The smallest absolute Gasteiger partial charge is 0.190 e. The van der Waals surface area contributed by atoms with Crippen molar-refractivity contribution in [3.05, 3.63) is 12.7 Å². The van der Waals surface area contributed by atoms with Gasteiger partial charge in [-0.3, -0.25) is 0 Å². The molecule has 2 heterocycles. The Balaban J connectivity index is 2.11. The SMILES string of the molecule is C=CC[C@]1(COCCCC)O[C@@H]2OC(C)(C)O[C@H]2C1OCCCC. The average molecular weight is 342 g/mol. The molecule has 0 bridgehead atoms. The molecule has 2 rings (SSSR count). The minimum Gasteiger partial charge on any atom is -0.378 e. The van der Waals surface area contributed by atoms with Crippen molar-refractivity contribution in [2.45, 2.75) is 89.7 Å². The number of hydrogen-bond donors (Lipinski definition) is 0. The molecular weight excluding hydrogens is 308 g/mol. The second-order valence-corrected chi connectivity index (χ2v) is 7.20. The van der Waals surface area contributed by atoms with Crippen LogP contribution in [0.1, 0.15) is 59.8 Å². The Morgan fingerprint density at radius 3 is 2.42 bits per heavy atom. The minimum atomic E-state index is -0.648. The van der Waals surface area contributed by atoms with E-state index >= 15 is 0 Å². The van der Waals surface area contributed by atoms with Crippen molar-refractivity contribution in [2.75, 3.05) is 19.8 Å². The maximum absolute atomic E-state index is 6.30. The fourth-order valence-corrected chi connectivity index (χ4v) is 3.33. The fourth-order valence-electron chi connectivity index (χ4n) is 3.33. The predicted molar refractivity (Wildman–Crippen MR) is 92.8 cm³/mol. The number of rotatable bonds is 11. The van der Waals surface area contributed by atoms with E-state index in [0.29, 0.717) is 19.6 Å². The monoisotopic (exact) mass is 342 g/mol. The summed E-state index contributed by atoms with van der Waals surface area (Å²) in [4.78, 5) is 0. The molecule has 2 aliphatic rings. The van der Waals surface area contributed by atoms with Gasteiger partial charge >= 0.3 is 0 Å². The number of ether oxygens (including phenoxy) is 5. The van der Waals surface area contributed by atoms with Crippen LogP contribution in [0.2, 0.25) is 0 Å². The van der Waals surface area contributed by atoms with Crippen molar-refractivity contribution >= 4 is 0 Å². The zero-order valence-corrected chi connectivity index (χ0v) is 15.7. The normalized spacial score (nSPS) is 34.4. The number of fused-ring (bicyclic) bond motifs is 1. The maximum atomic E-state index is 6.30. The van der Waals surface area contributed by atoms with Gasteiger partial charge in [0.15, 0.2) is 12.1 Å². The van der Waals surface area contributed by atoms with Crippen LogP contribution in [0.4, 0.5) is 0 Å².